The van der Waals surface area contributed by atoms with Crippen molar-refractivity contribution in [1.29, 1.82) is 0 Å². The molecule has 0 radical (unpaired) electrons. The lowest BCUT2D eigenvalue weighted by Gasteiger charge is -2.38. The molecule has 0 aromatic carbocycles. The SMILES string of the molecule is CC(C)(C)OC(=O)N1CCC[C@@H](N2CC(Cl)CC2=O)C1. The van der Waals surface area contributed by atoms with E-state index >= 15 is 0 Å². The van der Waals surface area contributed by atoms with Crippen LogP contribution in [0.15, 0.2) is 0 Å². The monoisotopic (exact) mass is 302 g/mol. The van der Waals surface area contributed by atoms with Crippen molar-refractivity contribution in [2.75, 3.05) is 19.6 Å². The van der Waals surface area contributed by atoms with E-state index in [1.165, 1.54) is 0 Å². The zero-order valence-electron chi connectivity index (χ0n) is 12.4. The van der Waals surface area contributed by atoms with E-state index in [2.05, 4.69) is 0 Å². The largest absolute Gasteiger partial charge is 0.444 e. The third-order valence-electron chi connectivity index (χ3n) is 3.60. The fraction of sp³-hybridized carbons (Fsp3) is 0.857. The van der Waals surface area contributed by atoms with Gasteiger partial charge in [-0.3, -0.25) is 4.79 Å². The van der Waals surface area contributed by atoms with Crippen molar-refractivity contribution in [2.45, 2.75) is 57.1 Å². The van der Waals surface area contributed by atoms with Crippen LogP contribution < -0.4 is 0 Å². The number of rotatable bonds is 1. The number of carbonyl (C=O) groups is 2. The Kier molecular flexibility index (Phi) is 4.47. The molecule has 0 aromatic rings. The summed E-state index contributed by atoms with van der Waals surface area (Å²) in [6.45, 7) is 7.40. The standard InChI is InChI=1S/C14H23ClN2O3/c1-14(2,3)20-13(19)16-6-4-5-11(9-16)17-8-10(15)7-12(17)18/h10-11H,4-9H2,1-3H3/t10?,11-/m1/s1. The maximum Gasteiger partial charge on any atom is 0.410 e. The van der Waals surface area contributed by atoms with Gasteiger partial charge in [-0.1, -0.05) is 0 Å². The van der Waals surface area contributed by atoms with Gasteiger partial charge in [-0.15, -0.1) is 11.6 Å². The lowest BCUT2D eigenvalue weighted by atomic mass is 10.0. The first-order valence-corrected chi connectivity index (χ1v) is 7.61. The van der Waals surface area contributed by atoms with Crippen molar-refractivity contribution >= 4 is 23.6 Å². The minimum atomic E-state index is -0.491. The number of piperidine rings is 1. The molecule has 1 unspecified atom stereocenters. The van der Waals surface area contributed by atoms with E-state index in [4.69, 9.17) is 16.3 Å². The van der Waals surface area contributed by atoms with E-state index in [-0.39, 0.29) is 23.4 Å². The minimum absolute atomic E-state index is 0.0764. The molecule has 2 saturated heterocycles. The smallest absolute Gasteiger partial charge is 0.410 e. The number of amides is 2. The normalized spacial score (nSPS) is 27.9. The highest BCUT2D eigenvalue weighted by atomic mass is 35.5. The van der Waals surface area contributed by atoms with Crippen LogP contribution in [-0.2, 0) is 9.53 Å². The van der Waals surface area contributed by atoms with Crippen LogP contribution in [0.25, 0.3) is 0 Å². The molecule has 0 aromatic heterocycles. The van der Waals surface area contributed by atoms with Gasteiger partial charge in [0.05, 0.1) is 5.38 Å². The molecule has 0 aliphatic carbocycles. The Balaban J connectivity index is 1.95. The Labute approximate surface area is 125 Å². The second-order valence-electron chi connectivity index (χ2n) is 6.57. The van der Waals surface area contributed by atoms with Crippen LogP contribution in [0.2, 0.25) is 0 Å². The van der Waals surface area contributed by atoms with Crippen LogP contribution in [0.5, 0.6) is 0 Å². The van der Waals surface area contributed by atoms with Crippen molar-refractivity contribution < 1.29 is 14.3 Å². The summed E-state index contributed by atoms with van der Waals surface area (Å²) >= 11 is 6.04. The van der Waals surface area contributed by atoms with Crippen molar-refractivity contribution in [3.8, 4) is 0 Å². The molecule has 0 N–H and O–H groups in total. The number of alkyl halides is 1. The third-order valence-corrected chi connectivity index (χ3v) is 3.89. The zero-order valence-corrected chi connectivity index (χ0v) is 13.2. The predicted molar refractivity (Wildman–Crippen MR) is 76.8 cm³/mol. The molecule has 2 amide bonds. The predicted octanol–water partition coefficient (Wildman–Crippen LogP) is 2.23. The number of ether oxygens (including phenoxy) is 1. The van der Waals surface area contributed by atoms with Gasteiger partial charge in [-0.05, 0) is 33.6 Å². The average Bonchev–Trinajstić information content (AvgIpc) is 2.66. The number of nitrogens with zero attached hydrogens (tertiary/aromatic N) is 2. The maximum atomic E-state index is 12.1. The van der Waals surface area contributed by atoms with Gasteiger partial charge in [0.2, 0.25) is 5.91 Å². The van der Waals surface area contributed by atoms with Gasteiger partial charge >= 0.3 is 6.09 Å². The van der Waals surface area contributed by atoms with Crippen LogP contribution >= 0.6 is 11.6 Å². The molecule has 5 nitrogen and oxygen atoms in total. The summed E-state index contributed by atoms with van der Waals surface area (Å²) in [5.74, 6) is 0.0982. The van der Waals surface area contributed by atoms with Crippen LogP contribution in [0.4, 0.5) is 4.79 Å². The van der Waals surface area contributed by atoms with E-state index < -0.39 is 5.60 Å². The first-order chi connectivity index (χ1) is 9.26. The van der Waals surface area contributed by atoms with E-state index in [1.54, 1.807) is 4.90 Å². The first kappa shape index (κ1) is 15.4. The van der Waals surface area contributed by atoms with Gasteiger partial charge in [0.1, 0.15) is 5.60 Å². The molecule has 2 aliphatic heterocycles. The molecule has 2 aliphatic rings. The highest BCUT2D eigenvalue weighted by molar-refractivity contribution is 6.22. The number of carbonyl (C=O) groups excluding carboxylic acids is 2. The molecular weight excluding hydrogens is 280 g/mol. The molecular formula is C14H23ClN2O3. The molecule has 0 bridgehead atoms. The Morgan fingerprint density at radius 3 is 2.60 bits per heavy atom. The Morgan fingerprint density at radius 1 is 1.35 bits per heavy atom. The van der Waals surface area contributed by atoms with Crippen molar-refractivity contribution in [3.63, 3.8) is 0 Å². The fourth-order valence-electron chi connectivity index (χ4n) is 2.74. The second kappa shape index (κ2) is 5.80. The molecule has 2 atom stereocenters. The number of halogens is 1. The zero-order chi connectivity index (χ0) is 14.9. The topological polar surface area (TPSA) is 49.9 Å². The van der Waals surface area contributed by atoms with E-state index in [0.29, 0.717) is 26.1 Å². The molecule has 0 saturated carbocycles. The Bertz CT molecular complexity index is 394. The minimum Gasteiger partial charge on any atom is -0.444 e. The summed E-state index contributed by atoms with van der Waals surface area (Å²) in [4.78, 5) is 27.5. The molecule has 20 heavy (non-hydrogen) atoms. The van der Waals surface area contributed by atoms with Gasteiger partial charge in [0, 0.05) is 32.1 Å². The molecule has 0 spiro atoms. The van der Waals surface area contributed by atoms with Gasteiger partial charge in [0.25, 0.3) is 0 Å². The average molecular weight is 303 g/mol. The van der Waals surface area contributed by atoms with Gasteiger partial charge in [0.15, 0.2) is 0 Å². The van der Waals surface area contributed by atoms with Crippen LogP contribution in [0.1, 0.15) is 40.0 Å². The molecule has 114 valence electrons. The van der Waals surface area contributed by atoms with Crippen LogP contribution in [0.3, 0.4) is 0 Å². The number of hydrogen-bond acceptors (Lipinski definition) is 3. The van der Waals surface area contributed by atoms with Crippen molar-refractivity contribution in [2.24, 2.45) is 0 Å². The summed E-state index contributed by atoms with van der Waals surface area (Å²) in [6, 6.07) is 0.0764. The number of likely N-dealkylation sites (tertiary alicyclic amines) is 2. The van der Waals surface area contributed by atoms with E-state index in [9.17, 15) is 9.59 Å². The van der Waals surface area contributed by atoms with E-state index in [0.717, 1.165) is 12.8 Å². The molecule has 6 heteroatoms. The summed E-state index contributed by atoms with van der Waals surface area (Å²) in [5.41, 5.74) is -0.491. The summed E-state index contributed by atoms with van der Waals surface area (Å²) in [6.07, 6.45) is 1.93. The molecule has 2 rings (SSSR count). The maximum absolute atomic E-state index is 12.1. The highest BCUT2D eigenvalue weighted by Crippen LogP contribution is 2.25. The third kappa shape index (κ3) is 3.78. The Morgan fingerprint density at radius 2 is 2.05 bits per heavy atom. The van der Waals surface area contributed by atoms with Crippen molar-refractivity contribution in [3.05, 3.63) is 0 Å². The van der Waals surface area contributed by atoms with Crippen LogP contribution in [0, 0.1) is 0 Å². The summed E-state index contributed by atoms with van der Waals surface area (Å²) in [7, 11) is 0. The molecule has 2 fully saturated rings. The lowest BCUT2D eigenvalue weighted by molar-refractivity contribution is -0.130. The first-order valence-electron chi connectivity index (χ1n) is 7.18. The summed E-state index contributed by atoms with van der Waals surface area (Å²) < 4.78 is 5.39. The quantitative estimate of drug-likeness (QED) is 0.698. The highest BCUT2D eigenvalue weighted by Gasteiger charge is 2.37. The number of hydrogen-bond donors (Lipinski definition) is 0. The second-order valence-corrected chi connectivity index (χ2v) is 7.19. The lowest BCUT2D eigenvalue weighted by Crippen LogP contribution is -2.51. The van der Waals surface area contributed by atoms with Gasteiger partial charge < -0.3 is 14.5 Å². The Hall–Kier alpha value is -0.970. The van der Waals surface area contributed by atoms with E-state index in [1.807, 2.05) is 25.7 Å². The molecule has 2 heterocycles. The van der Waals surface area contributed by atoms with Gasteiger partial charge in [-0.2, -0.15) is 0 Å². The van der Waals surface area contributed by atoms with Crippen LogP contribution in [-0.4, -0.2) is 58.5 Å². The van der Waals surface area contributed by atoms with Crippen molar-refractivity contribution in [1.82, 2.24) is 9.80 Å². The van der Waals surface area contributed by atoms with Gasteiger partial charge in [-0.25, -0.2) is 4.79 Å². The fourth-order valence-corrected chi connectivity index (χ4v) is 3.02. The summed E-state index contributed by atoms with van der Waals surface area (Å²) in [5, 5.41) is -0.0978.